The summed E-state index contributed by atoms with van der Waals surface area (Å²) in [5.74, 6) is 0.746. The molecular formula is C25H24O3. The SMILES string of the molecule is Cc1cc(C)c(O)c(C(c2cc3ccccc3o2)c2cc(C)cc(C)c2O)c1. The summed E-state index contributed by atoms with van der Waals surface area (Å²) in [5, 5.41) is 22.8. The highest BCUT2D eigenvalue weighted by Crippen LogP contribution is 2.44. The smallest absolute Gasteiger partial charge is 0.134 e. The Hall–Kier alpha value is -3.20. The van der Waals surface area contributed by atoms with Crippen LogP contribution in [0.3, 0.4) is 0 Å². The first-order chi connectivity index (χ1) is 13.3. The van der Waals surface area contributed by atoms with Crippen LogP contribution in [0, 0.1) is 27.7 Å². The maximum absolute atomic E-state index is 10.9. The third-order valence-electron chi connectivity index (χ3n) is 5.30. The van der Waals surface area contributed by atoms with Gasteiger partial charge in [-0.15, -0.1) is 0 Å². The molecule has 142 valence electrons. The van der Waals surface area contributed by atoms with Crippen molar-refractivity contribution in [3.8, 4) is 11.5 Å². The number of furan rings is 1. The quantitative estimate of drug-likeness (QED) is 0.446. The zero-order valence-electron chi connectivity index (χ0n) is 16.6. The van der Waals surface area contributed by atoms with Gasteiger partial charge in [-0.25, -0.2) is 0 Å². The highest BCUT2D eigenvalue weighted by Gasteiger charge is 2.28. The van der Waals surface area contributed by atoms with Crippen molar-refractivity contribution in [2.75, 3.05) is 0 Å². The second-order valence-corrected chi connectivity index (χ2v) is 7.66. The third kappa shape index (κ3) is 3.03. The molecule has 0 aliphatic carbocycles. The van der Waals surface area contributed by atoms with Crippen molar-refractivity contribution in [3.05, 3.63) is 93.7 Å². The molecule has 3 nitrogen and oxygen atoms in total. The van der Waals surface area contributed by atoms with E-state index in [9.17, 15) is 10.2 Å². The summed E-state index contributed by atoms with van der Waals surface area (Å²) < 4.78 is 6.19. The second kappa shape index (κ2) is 6.75. The van der Waals surface area contributed by atoms with Gasteiger partial charge in [0.2, 0.25) is 0 Å². The Bertz CT molecular complexity index is 1090. The van der Waals surface area contributed by atoms with Crippen LogP contribution in [0.4, 0.5) is 0 Å². The lowest BCUT2D eigenvalue weighted by Gasteiger charge is -2.21. The summed E-state index contributed by atoms with van der Waals surface area (Å²) >= 11 is 0. The number of aromatic hydroxyl groups is 2. The van der Waals surface area contributed by atoms with Crippen molar-refractivity contribution in [1.29, 1.82) is 0 Å². The molecule has 0 saturated carbocycles. The molecule has 0 saturated heterocycles. The van der Waals surface area contributed by atoms with E-state index in [1.807, 2.05) is 82.3 Å². The van der Waals surface area contributed by atoms with Crippen LogP contribution in [0.5, 0.6) is 11.5 Å². The molecule has 0 aliphatic heterocycles. The fourth-order valence-corrected chi connectivity index (χ4v) is 4.04. The highest BCUT2D eigenvalue weighted by molar-refractivity contribution is 5.78. The fourth-order valence-electron chi connectivity index (χ4n) is 4.04. The molecule has 4 rings (SSSR count). The molecule has 0 fully saturated rings. The van der Waals surface area contributed by atoms with Crippen molar-refractivity contribution in [1.82, 2.24) is 0 Å². The van der Waals surface area contributed by atoms with Crippen LogP contribution < -0.4 is 0 Å². The minimum absolute atomic E-state index is 0.231. The number of hydrogen-bond donors (Lipinski definition) is 2. The summed E-state index contributed by atoms with van der Waals surface area (Å²) in [6.45, 7) is 7.80. The number of fused-ring (bicyclic) bond motifs is 1. The van der Waals surface area contributed by atoms with Gasteiger partial charge in [0.1, 0.15) is 22.8 Å². The van der Waals surface area contributed by atoms with Crippen LogP contribution >= 0.6 is 0 Å². The maximum Gasteiger partial charge on any atom is 0.134 e. The van der Waals surface area contributed by atoms with E-state index in [2.05, 4.69) is 0 Å². The van der Waals surface area contributed by atoms with Crippen LogP contribution in [-0.2, 0) is 0 Å². The Morgan fingerprint density at radius 1 is 0.714 bits per heavy atom. The van der Waals surface area contributed by atoms with E-state index in [0.29, 0.717) is 5.76 Å². The van der Waals surface area contributed by atoms with Crippen molar-refractivity contribution in [2.45, 2.75) is 33.6 Å². The van der Waals surface area contributed by atoms with E-state index in [1.165, 1.54) is 0 Å². The van der Waals surface area contributed by atoms with Gasteiger partial charge in [0.05, 0.1) is 5.92 Å². The van der Waals surface area contributed by atoms with Gasteiger partial charge in [0.15, 0.2) is 0 Å². The number of hydrogen-bond acceptors (Lipinski definition) is 3. The topological polar surface area (TPSA) is 53.6 Å². The van der Waals surface area contributed by atoms with Gasteiger partial charge in [-0.2, -0.15) is 0 Å². The van der Waals surface area contributed by atoms with Crippen LogP contribution in [-0.4, -0.2) is 10.2 Å². The molecule has 0 radical (unpaired) electrons. The minimum atomic E-state index is -0.412. The standard InChI is InChI=1S/C25H24O3/c1-14-9-16(3)24(26)19(11-14)23(20-12-15(2)10-17(4)25(20)27)22-13-18-7-5-6-8-21(18)28-22/h5-13,23,26-27H,1-4H3. The van der Waals surface area contributed by atoms with Gasteiger partial charge < -0.3 is 14.6 Å². The molecule has 0 amide bonds. The van der Waals surface area contributed by atoms with Crippen LogP contribution in [0.25, 0.3) is 11.0 Å². The number of phenols is 2. The average Bonchev–Trinajstić information content (AvgIpc) is 3.06. The Morgan fingerprint density at radius 3 is 1.79 bits per heavy atom. The Balaban J connectivity index is 2.05. The molecule has 0 spiro atoms. The molecule has 0 aliphatic rings. The van der Waals surface area contributed by atoms with Gasteiger partial charge in [0.25, 0.3) is 0 Å². The van der Waals surface area contributed by atoms with E-state index >= 15 is 0 Å². The van der Waals surface area contributed by atoms with Gasteiger partial charge in [0, 0.05) is 16.5 Å². The minimum Gasteiger partial charge on any atom is -0.507 e. The van der Waals surface area contributed by atoms with Crippen molar-refractivity contribution < 1.29 is 14.6 Å². The van der Waals surface area contributed by atoms with Gasteiger partial charge in [-0.05, 0) is 51.0 Å². The molecule has 0 bridgehead atoms. The van der Waals surface area contributed by atoms with Gasteiger partial charge >= 0.3 is 0 Å². The fraction of sp³-hybridized carbons (Fsp3) is 0.200. The largest absolute Gasteiger partial charge is 0.507 e. The molecule has 2 N–H and O–H groups in total. The molecule has 28 heavy (non-hydrogen) atoms. The number of benzene rings is 3. The lowest BCUT2D eigenvalue weighted by molar-refractivity contribution is 0.444. The van der Waals surface area contributed by atoms with E-state index in [1.54, 1.807) is 0 Å². The van der Waals surface area contributed by atoms with Crippen molar-refractivity contribution in [2.24, 2.45) is 0 Å². The Kier molecular flexibility index (Phi) is 4.38. The van der Waals surface area contributed by atoms with Crippen LogP contribution in [0.1, 0.15) is 45.1 Å². The van der Waals surface area contributed by atoms with E-state index in [0.717, 1.165) is 44.3 Å². The van der Waals surface area contributed by atoms with E-state index < -0.39 is 5.92 Å². The van der Waals surface area contributed by atoms with E-state index in [-0.39, 0.29) is 11.5 Å². The second-order valence-electron chi connectivity index (χ2n) is 7.66. The maximum atomic E-state index is 10.9. The molecule has 1 heterocycles. The Morgan fingerprint density at radius 2 is 1.25 bits per heavy atom. The van der Waals surface area contributed by atoms with Gasteiger partial charge in [-0.1, -0.05) is 53.6 Å². The predicted molar refractivity (Wildman–Crippen MR) is 112 cm³/mol. The zero-order chi connectivity index (χ0) is 20.0. The zero-order valence-corrected chi connectivity index (χ0v) is 16.6. The lowest BCUT2D eigenvalue weighted by atomic mass is 9.84. The summed E-state index contributed by atoms with van der Waals surface area (Å²) in [5.41, 5.74) is 5.97. The highest BCUT2D eigenvalue weighted by atomic mass is 16.3. The van der Waals surface area contributed by atoms with Crippen molar-refractivity contribution >= 4 is 11.0 Å². The summed E-state index contributed by atoms with van der Waals surface area (Å²) in [6.07, 6.45) is 0. The van der Waals surface area contributed by atoms with E-state index in [4.69, 9.17) is 4.42 Å². The molecule has 0 unspecified atom stereocenters. The van der Waals surface area contributed by atoms with Crippen molar-refractivity contribution in [3.63, 3.8) is 0 Å². The lowest BCUT2D eigenvalue weighted by Crippen LogP contribution is -2.05. The van der Waals surface area contributed by atoms with Crippen LogP contribution in [0.15, 0.2) is 59.0 Å². The third-order valence-corrected chi connectivity index (χ3v) is 5.30. The Labute approximate surface area is 164 Å². The first-order valence-corrected chi connectivity index (χ1v) is 9.44. The van der Waals surface area contributed by atoms with Gasteiger partial charge in [-0.3, -0.25) is 0 Å². The summed E-state index contributed by atoms with van der Waals surface area (Å²) in [7, 11) is 0. The normalized spacial score (nSPS) is 11.5. The molecule has 4 aromatic rings. The van der Waals surface area contributed by atoms with Crippen LogP contribution in [0.2, 0.25) is 0 Å². The number of para-hydroxylation sites is 1. The first-order valence-electron chi connectivity index (χ1n) is 9.44. The average molecular weight is 372 g/mol. The summed E-state index contributed by atoms with van der Waals surface area (Å²) in [6, 6.07) is 17.7. The number of phenolic OH excluding ortho intramolecular Hbond substituents is 2. The molecular weight excluding hydrogens is 348 g/mol. The summed E-state index contributed by atoms with van der Waals surface area (Å²) in [4.78, 5) is 0. The number of aryl methyl sites for hydroxylation is 4. The first kappa shape index (κ1) is 18.2. The molecule has 3 heteroatoms. The molecule has 1 aromatic heterocycles. The molecule has 3 aromatic carbocycles. The monoisotopic (exact) mass is 372 g/mol. The predicted octanol–water partition coefficient (Wildman–Crippen LogP) is 6.26. The molecule has 0 atom stereocenters. The number of rotatable bonds is 3.